The first-order valence-electron chi connectivity index (χ1n) is 8.14. The van der Waals surface area contributed by atoms with Gasteiger partial charge in [-0.05, 0) is 30.2 Å². The molecule has 1 aromatic carbocycles. The van der Waals surface area contributed by atoms with Crippen molar-refractivity contribution in [2.45, 2.75) is 16.6 Å². The molecule has 0 bridgehead atoms. The Labute approximate surface area is 145 Å². The zero-order valence-corrected chi connectivity index (χ0v) is 14.1. The van der Waals surface area contributed by atoms with Crippen molar-refractivity contribution in [3.8, 4) is 0 Å². The van der Waals surface area contributed by atoms with Gasteiger partial charge in [0.2, 0.25) is 5.91 Å². The minimum atomic E-state index is -0.0682. The minimum Gasteiger partial charge on any atom is -0.378 e. The maximum Gasteiger partial charge on any atom is 0.238 e. The molecule has 124 valence electrons. The molecule has 1 N–H and O–H groups in total. The molecule has 6 heteroatoms. The third-order valence-electron chi connectivity index (χ3n) is 4.29. The highest BCUT2D eigenvalue weighted by molar-refractivity contribution is 8.01. The fourth-order valence-electron chi connectivity index (χ4n) is 2.99. The van der Waals surface area contributed by atoms with Gasteiger partial charge in [-0.3, -0.25) is 4.79 Å². The van der Waals surface area contributed by atoms with E-state index in [0.29, 0.717) is 0 Å². The zero-order chi connectivity index (χ0) is 16.4. The summed E-state index contributed by atoms with van der Waals surface area (Å²) < 4.78 is 5.35. The van der Waals surface area contributed by atoms with E-state index in [1.54, 1.807) is 18.0 Å². The molecule has 1 unspecified atom stereocenters. The third-order valence-corrected chi connectivity index (χ3v) is 5.61. The Balaban J connectivity index is 1.38. The van der Waals surface area contributed by atoms with Gasteiger partial charge in [-0.25, -0.2) is 4.98 Å². The molecule has 0 saturated carbocycles. The van der Waals surface area contributed by atoms with Crippen molar-refractivity contribution in [3.63, 3.8) is 0 Å². The van der Waals surface area contributed by atoms with Gasteiger partial charge in [-0.2, -0.15) is 0 Å². The predicted molar refractivity (Wildman–Crippen MR) is 95.7 cm³/mol. The van der Waals surface area contributed by atoms with Crippen LogP contribution in [0.4, 0.5) is 11.5 Å². The number of benzene rings is 1. The predicted octanol–water partition coefficient (Wildman–Crippen LogP) is 2.57. The lowest BCUT2D eigenvalue weighted by Gasteiger charge is -2.27. The van der Waals surface area contributed by atoms with Crippen molar-refractivity contribution < 1.29 is 9.53 Å². The van der Waals surface area contributed by atoms with E-state index in [0.717, 1.165) is 44.2 Å². The number of morpholine rings is 1. The molecule has 1 saturated heterocycles. The summed E-state index contributed by atoms with van der Waals surface area (Å²) in [6, 6.07) is 12.1. The second-order valence-corrected chi connectivity index (χ2v) is 7.16. The van der Waals surface area contributed by atoms with Crippen molar-refractivity contribution in [2.75, 3.05) is 36.5 Å². The Morgan fingerprint density at radius 2 is 2.04 bits per heavy atom. The van der Waals surface area contributed by atoms with E-state index < -0.39 is 0 Å². The van der Waals surface area contributed by atoms with Gasteiger partial charge in [0.15, 0.2) is 0 Å². The number of pyridine rings is 1. The highest BCUT2D eigenvalue weighted by Gasteiger charge is 2.28. The van der Waals surface area contributed by atoms with Crippen LogP contribution in [0, 0.1) is 0 Å². The standard InChI is InChI=1S/C18H19N3O2S/c22-18(16-11-13-3-1-2-4-15(13)24-16)20-14-5-6-17(19-12-14)21-7-9-23-10-8-21/h1-6,12,16H,7-11H2,(H,20,22). The Morgan fingerprint density at radius 1 is 1.21 bits per heavy atom. The number of hydrogen-bond donors (Lipinski definition) is 1. The summed E-state index contributed by atoms with van der Waals surface area (Å²) >= 11 is 1.63. The lowest BCUT2D eigenvalue weighted by molar-refractivity contribution is -0.115. The summed E-state index contributed by atoms with van der Waals surface area (Å²) in [4.78, 5) is 20.4. The van der Waals surface area contributed by atoms with Crippen molar-refractivity contribution >= 4 is 29.2 Å². The molecule has 4 rings (SSSR count). The van der Waals surface area contributed by atoms with Crippen LogP contribution in [0.1, 0.15) is 5.56 Å². The van der Waals surface area contributed by atoms with Gasteiger partial charge in [-0.15, -0.1) is 11.8 Å². The number of nitrogens with one attached hydrogen (secondary N) is 1. The van der Waals surface area contributed by atoms with Gasteiger partial charge in [-0.1, -0.05) is 18.2 Å². The molecule has 3 heterocycles. The van der Waals surface area contributed by atoms with Crippen molar-refractivity contribution in [3.05, 3.63) is 48.2 Å². The molecule has 2 aromatic rings. The van der Waals surface area contributed by atoms with Gasteiger partial charge >= 0.3 is 0 Å². The van der Waals surface area contributed by atoms with E-state index in [9.17, 15) is 4.79 Å². The van der Waals surface area contributed by atoms with E-state index in [2.05, 4.69) is 27.3 Å². The fraction of sp³-hybridized carbons (Fsp3) is 0.333. The second-order valence-electron chi connectivity index (χ2n) is 5.91. The topological polar surface area (TPSA) is 54.5 Å². The Bertz CT molecular complexity index is 704. The van der Waals surface area contributed by atoms with E-state index in [1.165, 1.54) is 10.5 Å². The van der Waals surface area contributed by atoms with Crippen molar-refractivity contribution in [2.24, 2.45) is 0 Å². The number of nitrogens with zero attached hydrogens (tertiary/aromatic N) is 2. The van der Waals surface area contributed by atoms with Crippen LogP contribution in [0.3, 0.4) is 0 Å². The maximum atomic E-state index is 12.5. The van der Waals surface area contributed by atoms with Crippen molar-refractivity contribution in [1.29, 1.82) is 0 Å². The first-order chi connectivity index (χ1) is 11.8. The molecule has 1 amide bonds. The largest absolute Gasteiger partial charge is 0.378 e. The number of carbonyl (C=O) groups excluding carboxylic acids is 1. The molecule has 0 radical (unpaired) electrons. The molecular weight excluding hydrogens is 322 g/mol. The second kappa shape index (κ2) is 6.83. The van der Waals surface area contributed by atoms with Crippen LogP contribution in [-0.2, 0) is 16.0 Å². The quantitative estimate of drug-likeness (QED) is 0.930. The number of thioether (sulfide) groups is 1. The Morgan fingerprint density at radius 3 is 2.79 bits per heavy atom. The number of fused-ring (bicyclic) bond motifs is 1. The summed E-state index contributed by atoms with van der Waals surface area (Å²) in [5, 5.41) is 2.92. The highest BCUT2D eigenvalue weighted by atomic mass is 32.2. The average Bonchev–Trinajstić information content (AvgIpc) is 3.07. The smallest absolute Gasteiger partial charge is 0.238 e. The Hall–Kier alpha value is -2.05. The van der Waals surface area contributed by atoms with Crippen LogP contribution in [0.25, 0.3) is 0 Å². The molecule has 1 atom stereocenters. The lowest BCUT2D eigenvalue weighted by atomic mass is 10.1. The normalized spacial score (nSPS) is 19.8. The van der Waals surface area contributed by atoms with Crippen LogP contribution < -0.4 is 10.2 Å². The first-order valence-corrected chi connectivity index (χ1v) is 9.02. The number of rotatable bonds is 3. The number of anilines is 2. The molecule has 2 aliphatic rings. The van der Waals surface area contributed by atoms with Gasteiger partial charge in [0, 0.05) is 18.0 Å². The van der Waals surface area contributed by atoms with Crippen LogP contribution in [0.15, 0.2) is 47.5 Å². The summed E-state index contributed by atoms with van der Waals surface area (Å²) in [6.45, 7) is 3.19. The summed E-state index contributed by atoms with van der Waals surface area (Å²) in [7, 11) is 0. The number of ether oxygens (including phenoxy) is 1. The number of aromatic nitrogens is 1. The summed E-state index contributed by atoms with van der Waals surface area (Å²) in [6.07, 6.45) is 2.52. The Kier molecular flexibility index (Phi) is 4.40. The van der Waals surface area contributed by atoms with E-state index in [-0.39, 0.29) is 11.2 Å². The van der Waals surface area contributed by atoms with Crippen LogP contribution in [0.2, 0.25) is 0 Å². The molecule has 5 nitrogen and oxygen atoms in total. The van der Waals surface area contributed by atoms with Crippen LogP contribution in [-0.4, -0.2) is 42.4 Å². The molecular formula is C18H19N3O2S. The highest BCUT2D eigenvalue weighted by Crippen LogP contribution is 2.37. The van der Waals surface area contributed by atoms with Crippen molar-refractivity contribution in [1.82, 2.24) is 4.98 Å². The van der Waals surface area contributed by atoms with Gasteiger partial charge in [0.25, 0.3) is 0 Å². The third kappa shape index (κ3) is 3.25. The molecule has 2 aliphatic heterocycles. The first kappa shape index (κ1) is 15.5. The van der Waals surface area contributed by atoms with E-state index in [1.807, 2.05) is 24.3 Å². The molecule has 0 spiro atoms. The van der Waals surface area contributed by atoms with Gasteiger partial charge in [0.05, 0.1) is 30.3 Å². The molecule has 24 heavy (non-hydrogen) atoms. The zero-order valence-electron chi connectivity index (χ0n) is 13.3. The number of hydrogen-bond acceptors (Lipinski definition) is 5. The van der Waals surface area contributed by atoms with Gasteiger partial charge in [0.1, 0.15) is 5.82 Å². The number of carbonyl (C=O) groups is 1. The monoisotopic (exact) mass is 341 g/mol. The molecule has 0 aliphatic carbocycles. The minimum absolute atomic E-state index is 0.0390. The molecule has 1 fully saturated rings. The number of amides is 1. The van der Waals surface area contributed by atoms with E-state index in [4.69, 9.17) is 4.74 Å². The summed E-state index contributed by atoms with van der Waals surface area (Å²) in [5.74, 6) is 0.969. The average molecular weight is 341 g/mol. The van der Waals surface area contributed by atoms with Crippen LogP contribution in [0.5, 0.6) is 0 Å². The SMILES string of the molecule is O=C(Nc1ccc(N2CCOCC2)nc1)C1Cc2ccccc2S1. The van der Waals surface area contributed by atoms with Crippen LogP contribution >= 0.6 is 11.8 Å². The van der Waals surface area contributed by atoms with Gasteiger partial charge < -0.3 is 15.0 Å². The molecule has 1 aromatic heterocycles. The lowest BCUT2D eigenvalue weighted by Crippen LogP contribution is -2.36. The fourth-order valence-corrected chi connectivity index (χ4v) is 4.19. The maximum absolute atomic E-state index is 12.5. The summed E-state index contributed by atoms with van der Waals surface area (Å²) in [5.41, 5.74) is 2.00. The van der Waals surface area contributed by atoms with E-state index >= 15 is 0 Å².